The largest absolute Gasteiger partial charge is 0.496 e. The Bertz CT molecular complexity index is 2470. The second-order valence-electron chi connectivity index (χ2n) is 17.4. The zero-order valence-electron chi connectivity index (χ0n) is 38.7. The fourth-order valence-electron chi connectivity index (χ4n) is 10.1. The summed E-state index contributed by atoms with van der Waals surface area (Å²) in [6, 6.07) is 25.8. The van der Waals surface area contributed by atoms with Gasteiger partial charge in [0, 0.05) is 55.9 Å². The number of nitro benzene ring substituents is 1. The van der Waals surface area contributed by atoms with Crippen LogP contribution in [0.25, 0.3) is 6.08 Å². The summed E-state index contributed by atoms with van der Waals surface area (Å²) in [4.78, 5) is 45.8. The molecule has 2 N–H and O–H groups in total. The van der Waals surface area contributed by atoms with Gasteiger partial charge >= 0.3 is 0 Å². The van der Waals surface area contributed by atoms with Crippen molar-refractivity contribution >= 4 is 29.7 Å². The number of carbonyl (C=O) groups is 2. The van der Waals surface area contributed by atoms with Crippen molar-refractivity contribution in [3.8, 4) is 23.0 Å². The number of methoxy groups -OCH3 is 1. The number of allylic oxidation sites excluding steroid dienone is 1. The number of ether oxygens (including phenoxy) is 4. The molecule has 6 atom stereocenters. The van der Waals surface area contributed by atoms with Crippen LogP contribution in [0.3, 0.4) is 0 Å². The number of rotatable bonds is 24. The highest BCUT2D eigenvalue weighted by Gasteiger charge is 2.65. The van der Waals surface area contributed by atoms with Gasteiger partial charge in [-0.2, -0.15) is 0 Å². The van der Waals surface area contributed by atoms with Crippen molar-refractivity contribution in [3.63, 3.8) is 0 Å². The van der Waals surface area contributed by atoms with E-state index < -0.39 is 22.7 Å². The number of hydrogen-bond acceptors (Lipinski definition) is 12. The highest BCUT2D eigenvalue weighted by atomic mass is 16.7. The molecule has 0 saturated heterocycles. The first kappa shape index (κ1) is 49.3. The number of hydrogen-bond donors (Lipinski definition) is 2. The number of benzene rings is 4. The molecule has 1 heterocycles. The van der Waals surface area contributed by atoms with E-state index >= 15 is 0 Å². The molecule has 14 heteroatoms. The van der Waals surface area contributed by atoms with Gasteiger partial charge in [0.2, 0.25) is 11.7 Å². The minimum absolute atomic E-state index is 0.00902. The van der Waals surface area contributed by atoms with Crippen LogP contribution in [-0.4, -0.2) is 83.2 Å². The van der Waals surface area contributed by atoms with Gasteiger partial charge in [-0.25, -0.2) is 0 Å². The maximum Gasteiger partial charge on any atom is 0.269 e. The predicted molar refractivity (Wildman–Crippen MR) is 259 cm³/mol. The van der Waals surface area contributed by atoms with Crippen LogP contribution in [-0.2, 0) is 21.0 Å². The first-order valence-electron chi connectivity index (χ1n) is 23.5. The van der Waals surface area contributed by atoms with Crippen LogP contribution in [0.4, 0.5) is 5.69 Å². The van der Waals surface area contributed by atoms with Crippen molar-refractivity contribution in [2.24, 2.45) is 22.9 Å². The van der Waals surface area contributed by atoms with Crippen LogP contribution in [0.5, 0.6) is 23.0 Å². The quantitative estimate of drug-likeness (QED) is 0.0171. The average Bonchev–Trinajstić information content (AvgIpc) is 3.36. The molecule has 1 aliphatic heterocycles. The summed E-state index contributed by atoms with van der Waals surface area (Å²) in [7, 11) is 1.50. The number of non-ortho nitro benzene ring substituents is 1. The number of nitrogens with zero attached hydrogens (tertiary/aromatic N) is 3. The Balaban J connectivity index is 1.42. The van der Waals surface area contributed by atoms with E-state index in [1.807, 2.05) is 55.5 Å². The van der Waals surface area contributed by atoms with Crippen molar-refractivity contribution < 1.29 is 48.5 Å². The van der Waals surface area contributed by atoms with Crippen molar-refractivity contribution in [3.05, 3.63) is 154 Å². The van der Waals surface area contributed by atoms with E-state index in [2.05, 4.69) is 12.7 Å². The van der Waals surface area contributed by atoms with Crippen LogP contribution < -0.4 is 14.2 Å². The van der Waals surface area contributed by atoms with Gasteiger partial charge in [0.1, 0.15) is 35.6 Å². The third-order valence-electron chi connectivity index (χ3n) is 13.1. The smallest absolute Gasteiger partial charge is 0.269 e. The maximum atomic E-state index is 14.8. The third-order valence-corrected chi connectivity index (χ3v) is 13.1. The molecule has 14 nitrogen and oxygen atoms in total. The number of oxime groups is 1. The Morgan fingerprint density at radius 2 is 1.72 bits per heavy atom. The van der Waals surface area contributed by atoms with E-state index in [-0.39, 0.29) is 62.2 Å². The van der Waals surface area contributed by atoms with Crippen LogP contribution in [0, 0.1) is 27.9 Å². The van der Waals surface area contributed by atoms with E-state index in [1.54, 1.807) is 47.4 Å². The van der Waals surface area contributed by atoms with E-state index in [4.69, 9.17) is 28.9 Å². The van der Waals surface area contributed by atoms with Crippen molar-refractivity contribution in [1.82, 2.24) is 4.90 Å². The molecule has 4 aromatic rings. The van der Waals surface area contributed by atoms with E-state index in [9.17, 15) is 29.9 Å². The number of carbonyl (C=O) groups excluding carboxylic acids is 2. The molecule has 0 radical (unpaired) electrons. The van der Waals surface area contributed by atoms with Crippen molar-refractivity contribution in [2.75, 3.05) is 33.5 Å². The second kappa shape index (κ2) is 23.4. The molecule has 1 saturated carbocycles. The molecule has 6 unspecified atom stereocenters. The Morgan fingerprint density at radius 1 is 0.985 bits per heavy atom. The molecule has 3 aliphatic rings. The normalized spacial score (nSPS) is 22.0. The zero-order valence-corrected chi connectivity index (χ0v) is 38.7. The molecule has 0 aromatic heterocycles. The number of unbranched alkanes of at least 4 members (excludes halogenated alkanes) is 2. The lowest BCUT2D eigenvalue weighted by atomic mass is 9.55. The van der Waals surface area contributed by atoms with Gasteiger partial charge in [-0.05, 0) is 115 Å². The van der Waals surface area contributed by atoms with Gasteiger partial charge in [-0.3, -0.25) is 19.7 Å². The number of nitro groups is 1. The summed E-state index contributed by atoms with van der Waals surface area (Å²) in [5.41, 5.74) is 4.27. The zero-order chi connectivity index (χ0) is 48.0. The average molecular weight is 928 g/mol. The lowest BCUT2D eigenvalue weighted by Gasteiger charge is -2.60. The van der Waals surface area contributed by atoms with Gasteiger partial charge < -0.3 is 38.9 Å². The molecule has 7 rings (SSSR count). The Hall–Kier alpha value is -6.61. The molecular formula is C54H61N3O11. The minimum Gasteiger partial charge on any atom is -0.496 e. The van der Waals surface area contributed by atoms with Gasteiger partial charge in [0.15, 0.2) is 6.29 Å². The summed E-state index contributed by atoms with van der Waals surface area (Å²) in [6.07, 6.45) is 12.9. The number of aliphatic hydroxyl groups excluding tert-OH is 2. The molecule has 1 amide bonds. The number of fused-ring (bicyclic) bond motifs is 2. The first-order valence-corrected chi connectivity index (χ1v) is 23.5. The fraction of sp³-hybridized carbons (Fsp3) is 0.389. The molecule has 4 aromatic carbocycles. The lowest BCUT2D eigenvalue weighted by molar-refractivity contribution is -0.384. The van der Waals surface area contributed by atoms with Crippen LogP contribution in [0.15, 0.2) is 127 Å². The lowest BCUT2D eigenvalue weighted by Crippen LogP contribution is -2.70. The standard InChI is InChI=1S/C54H61N3O11/c1-4-27-56(51(61)26-19-37-17-20-41(21-18-37)57(62)63)50-34-47(55-66-36-38-13-7-6-8-14-38)45-32-39(15-9-11-28-58)44(16-10-12-29-59)52-46-33-43(67-42-22-24-48(64-3)40(31-42)35-60)23-25-49(46)68-54(50,53(45)52)65-30-5-2/h5-8,13-14,17-26,31-33,35,39,44,50,52-53,58-59H,2,4,9-12,15-16,27-30,34,36H2,1,3H3. The second-order valence-corrected chi connectivity index (χ2v) is 17.4. The van der Waals surface area contributed by atoms with Crippen molar-refractivity contribution in [1.29, 1.82) is 0 Å². The Kier molecular flexibility index (Phi) is 17.0. The number of amides is 1. The molecule has 2 aliphatic carbocycles. The van der Waals surface area contributed by atoms with Gasteiger partial charge in [0.25, 0.3) is 5.69 Å². The van der Waals surface area contributed by atoms with Crippen LogP contribution in [0.1, 0.15) is 91.3 Å². The SMILES string of the molecule is C=CCOC12Oc3ccc(Oc4ccc(OC)c(C=O)c4)cc3C3C(CCCCO)C(CCCCO)C=C(C(=NOCc4ccccc4)CC1N(CCC)C(=O)C=Cc1ccc([N+](=O)[O-])cc1)C32. The van der Waals surface area contributed by atoms with E-state index in [1.165, 1.54) is 25.3 Å². The molecule has 0 bridgehead atoms. The van der Waals surface area contributed by atoms with E-state index in [0.29, 0.717) is 65.6 Å². The molecule has 358 valence electrons. The van der Waals surface area contributed by atoms with E-state index in [0.717, 1.165) is 48.7 Å². The Labute approximate surface area is 397 Å². The molecule has 0 spiro atoms. The Morgan fingerprint density at radius 3 is 2.41 bits per heavy atom. The van der Waals surface area contributed by atoms with Gasteiger partial charge in [-0.15, -0.1) is 6.58 Å². The minimum atomic E-state index is -1.48. The summed E-state index contributed by atoms with van der Waals surface area (Å²) in [5, 5.41) is 36.3. The highest BCUT2D eigenvalue weighted by molar-refractivity contribution is 6.03. The van der Waals surface area contributed by atoms with Crippen molar-refractivity contribution in [2.45, 2.75) is 82.6 Å². The number of aliphatic hydroxyl groups is 2. The van der Waals surface area contributed by atoms with Gasteiger partial charge in [0.05, 0.1) is 35.8 Å². The number of aldehydes is 1. The summed E-state index contributed by atoms with van der Waals surface area (Å²) < 4.78 is 26.3. The highest BCUT2D eigenvalue weighted by Crippen LogP contribution is 2.62. The first-order chi connectivity index (χ1) is 33.2. The molecule has 68 heavy (non-hydrogen) atoms. The summed E-state index contributed by atoms with van der Waals surface area (Å²) >= 11 is 0. The predicted octanol–water partition coefficient (Wildman–Crippen LogP) is 9.99. The van der Waals surface area contributed by atoms with Crippen LogP contribution in [0.2, 0.25) is 0 Å². The maximum absolute atomic E-state index is 14.8. The molecule has 1 fully saturated rings. The fourth-order valence-corrected chi connectivity index (χ4v) is 10.1. The summed E-state index contributed by atoms with van der Waals surface area (Å²) in [6.45, 7) is 6.79. The monoisotopic (exact) mass is 927 g/mol. The molecular weight excluding hydrogens is 867 g/mol. The summed E-state index contributed by atoms with van der Waals surface area (Å²) in [5.74, 6) is -0.717. The van der Waals surface area contributed by atoms with Crippen LogP contribution >= 0.6 is 0 Å². The van der Waals surface area contributed by atoms with Gasteiger partial charge in [-0.1, -0.05) is 67.4 Å². The third kappa shape index (κ3) is 11.0. The topological polar surface area (TPSA) is 179 Å².